The quantitative estimate of drug-likeness (QED) is 0.279. The van der Waals surface area contributed by atoms with Gasteiger partial charge in [0.1, 0.15) is 11.4 Å². The van der Waals surface area contributed by atoms with Crippen LogP contribution in [0.15, 0.2) is 67.4 Å². The summed E-state index contributed by atoms with van der Waals surface area (Å²) in [6.45, 7) is 3.82. The molecule has 1 aliphatic rings. The maximum atomic E-state index is 13.5. The lowest BCUT2D eigenvalue weighted by atomic mass is 9.76. The van der Waals surface area contributed by atoms with Crippen molar-refractivity contribution in [2.75, 3.05) is 12.4 Å². The summed E-state index contributed by atoms with van der Waals surface area (Å²) >= 11 is 0. The molecule has 0 radical (unpaired) electrons. The summed E-state index contributed by atoms with van der Waals surface area (Å²) in [5.74, 6) is 1.20. The SMILES string of the molecule is CO[C@]1(C(=O)N[C@@H](C)c2ccc(-n3cc(F)cn3)nc2)CC[C@H](c2cccnnccc(Nc3cc(C)[nH]n3)n2)CC1. The zero-order valence-corrected chi connectivity index (χ0v) is 23.7. The number of hydrogen-bond donors (Lipinski definition) is 3. The molecule has 0 saturated heterocycles. The average molecular weight is 573 g/mol. The molecular weight excluding hydrogens is 539 g/mol. The molecule has 1 amide bonds. The fourth-order valence-electron chi connectivity index (χ4n) is 5.02. The topological polar surface area (TPSA) is 148 Å². The largest absolute Gasteiger partial charge is 0.368 e. The van der Waals surface area contributed by atoms with Gasteiger partial charge in [-0.2, -0.15) is 20.4 Å². The molecule has 1 fully saturated rings. The summed E-state index contributed by atoms with van der Waals surface area (Å²) in [5.41, 5.74) is 1.65. The molecule has 1 saturated carbocycles. The van der Waals surface area contributed by atoms with Crippen molar-refractivity contribution < 1.29 is 13.9 Å². The highest BCUT2D eigenvalue weighted by Crippen LogP contribution is 2.39. The highest BCUT2D eigenvalue weighted by atomic mass is 19.1. The van der Waals surface area contributed by atoms with Crippen LogP contribution in [0.2, 0.25) is 0 Å². The lowest BCUT2D eigenvalue weighted by Crippen LogP contribution is -2.50. The number of anilines is 2. The third kappa shape index (κ3) is 6.74. The zero-order valence-electron chi connectivity index (χ0n) is 23.7. The summed E-state index contributed by atoms with van der Waals surface area (Å²) in [5, 5.41) is 25.4. The third-order valence-corrected chi connectivity index (χ3v) is 7.42. The number of halogens is 1. The number of H-pyrrole nitrogens is 1. The van der Waals surface area contributed by atoms with E-state index in [2.05, 4.69) is 41.1 Å². The molecule has 12 nitrogen and oxygen atoms in total. The number of nitrogens with zero attached hydrogens (tertiary/aromatic N) is 7. The van der Waals surface area contributed by atoms with E-state index in [4.69, 9.17) is 9.72 Å². The number of rotatable bonds is 8. The predicted molar refractivity (Wildman–Crippen MR) is 153 cm³/mol. The van der Waals surface area contributed by atoms with E-state index in [1.807, 2.05) is 38.1 Å². The Balaban J connectivity index is 1.27. The minimum atomic E-state index is -0.956. The van der Waals surface area contributed by atoms with E-state index in [0.717, 1.165) is 23.1 Å². The van der Waals surface area contributed by atoms with Crippen molar-refractivity contribution >= 4 is 17.5 Å². The Morgan fingerprint density at radius 3 is 2.62 bits per heavy atom. The predicted octanol–water partition coefficient (Wildman–Crippen LogP) is 4.41. The molecule has 3 N–H and O–H groups in total. The van der Waals surface area contributed by atoms with Crippen LogP contribution in [0.4, 0.5) is 16.0 Å². The average Bonchev–Trinajstić information content (AvgIpc) is 3.63. The van der Waals surface area contributed by atoms with Crippen molar-refractivity contribution in [2.24, 2.45) is 0 Å². The highest BCUT2D eigenvalue weighted by molar-refractivity contribution is 5.85. The lowest BCUT2D eigenvalue weighted by molar-refractivity contribution is -0.148. The molecule has 1 aliphatic carbocycles. The van der Waals surface area contributed by atoms with Crippen molar-refractivity contribution in [2.45, 2.75) is 57.1 Å². The fourth-order valence-corrected chi connectivity index (χ4v) is 5.02. The monoisotopic (exact) mass is 572 g/mol. The molecule has 218 valence electrons. The maximum Gasteiger partial charge on any atom is 0.252 e. The first-order valence-corrected chi connectivity index (χ1v) is 13.7. The number of aromatic amines is 1. The van der Waals surface area contributed by atoms with Gasteiger partial charge in [-0.25, -0.2) is 19.0 Å². The number of nitrogens with one attached hydrogen (secondary N) is 3. The minimum absolute atomic E-state index is 0.106. The van der Waals surface area contributed by atoms with Gasteiger partial charge in [0.2, 0.25) is 0 Å². The van der Waals surface area contributed by atoms with Gasteiger partial charge < -0.3 is 15.4 Å². The van der Waals surface area contributed by atoms with Crippen molar-refractivity contribution in [1.29, 1.82) is 0 Å². The molecule has 0 aromatic carbocycles. The zero-order chi connectivity index (χ0) is 29.5. The molecule has 1 atom stereocenters. The number of hydrogen-bond acceptors (Lipinski definition) is 9. The van der Waals surface area contributed by atoms with Gasteiger partial charge >= 0.3 is 0 Å². The second-order valence-corrected chi connectivity index (χ2v) is 10.3. The maximum absolute atomic E-state index is 13.5. The van der Waals surface area contributed by atoms with E-state index in [-0.39, 0.29) is 17.9 Å². The van der Waals surface area contributed by atoms with Gasteiger partial charge in [0.25, 0.3) is 5.91 Å². The minimum Gasteiger partial charge on any atom is -0.368 e. The number of aryl methyl sites for hydroxylation is 1. The van der Waals surface area contributed by atoms with Gasteiger partial charge in [-0.1, -0.05) is 6.07 Å². The Morgan fingerprint density at radius 1 is 1.14 bits per heavy atom. The van der Waals surface area contributed by atoms with Gasteiger partial charge in [0, 0.05) is 48.9 Å². The number of aromatic nitrogens is 8. The number of amides is 1. The van der Waals surface area contributed by atoms with Crippen molar-refractivity contribution in [3.8, 4) is 5.82 Å². The Morgan fingerprint density at radius 2 is 1.95 bits per heavy atom. The number of ether oxygens (including phenoxy) is 1. The van der Waals surface area contributed by atoms with E-state index in [9.17, 15) is 9.18 Å². The Bertz CT molecular complexity index is 1560. The molecule has 4 aromatic rings. The Labute approximate surface area is 242 Å². The van der Waals surface area contributed by atoms with Crippen LogP contribution >= 0.6 is 0 Å². The van der Waals surface area contributed by atoms with E-state index >= 15 is 0 Å². The van der Waals surface area contributed by atoms with Gasteiger partial charge in [-0.3, -0.25) is 9.89 Å². The first-order chi connectivity index (χ1) is 20.3. The molecule has 4 aromatic heterocycles. The van der Waals surface area contributed by atoms with Gasteiger partial charge in [-0.05, 0) is 63.3 Å². The number of carbonyl (C=O) groups excluding carboxylic acids is 1. The van der Waals surface area contributed by atoms with Crippen molar-refractivity contribution in [3.05, 3.63) is 90.2 Å². The van der Waals surface area contributed by atoms with Gasteiger partial charge in [-0.15, -0.1) is 0 Å². The van der Waals surface area contributed by atoms with Crippen LogP contribution in [0.1, 0.15) is 61.5 Å². The van der Waals surface area contributed by atoms with Crippen LogP contribution in [0.3, 0.4) is 0 Å². The van der Waals surface area contributed by atoms with E-state index in [0.29, 0.717) is 43.1 Å². The molecule has 4 heterocycles. The molecule has 5 rings (SSSR count). The van der Waals surface area contributed by atoms with Gasteiger partial charge in [0.15, 0.2) is 17.5 Å². The summed E-state index contributed by atoms with van der Waals surface area (Å²) in [6.07, 6.45) is 9.68. The molecule has 0 spiro atoms. The van der Waals surface area contributed by atoms with Crippen LogP contribution in [0.25, 0.3) is 5.82 Å². The Hall–Kier alpha value is -4.78. The molecule has 0 bridgehead atoms. The summed E-state index contributed by atoms with van der Waals surface area (Å²) in [4.78, 5) is 22.8. The van der Waals surface area contributed by atoms with Crippen LogP contribution in [0.5, 0.6) is 0 Å². The van der Waals surface area contributed by atoms with E-state index in [1.54, 1.807) is 37.8 Å². The second kappa shape index (κ2) is 12.8. The fraction of sp³-hybridized carbons (Fsp3) is 0.345. The smallest absolute Gasteiger partial charge is 0.252 e. The van der Waals surface area contributed by atoms with Gasteiger partial charge in [0.05, 0.1) is 24.6 Å². The molecule has 42 heavy (non-hydrogen) atoms. The van der Waals surface area contributed by atoms with Crippen molar-refractivity contribution in [3.63, 3.8) is 0 Å². The van der Waals surface area contributed by atoms with E-state index in [1.165, 1.54) is 10.9 Å². The van der Waals surface area contributed by atoms with E-state index < -0.39 is 11.4 Å². The summed E-state index contributed by atoms with van der Waals surface area (Å²) < 4.78 is 20.5. The standard InChI is InChI=1S/C29H33FN10O2/c1-19-15-26(39-38-19)37-25-10-14-33-32-13-4-5-24(36-25)21-8-11-29(42-3,12-9-21)28(41)35-20(2)22-6-7-27(31-16-22)40-18-23(30)17-34-40/h4-7,10,13-18,20-21H,8-9,11-12H2,1-3H3,(H,35,41)(H2,36,37,38,39)/t20-,21-,29+/m0/s1. The molecule has 0 aliphatic heterocycles. The lowest BCUT2D eigenvalue weighted by Gasteiger charge is -2.38. The van der Waals surface area contributed by atoms with Crippen LogP contribution in [-0.2, 0) is 9.53 Å². The molecular formula is C29H33FN10O2. The third-order valence-electron chi connectivity index (χ3n) is 7.42. The first kappa shape index (κ1) is 28.7. The number of carbonyl (C=O) groups is 1. The first-order valence-electron chi connectivity index (χ1n) is 13.7. The summed E-state index contributed by atoms with van der Waals surface area (Å²) in [6, 6.07) is 10.6. The normalized spacial score (nSPS) is 19.0. The van der Waals surface area contributed by atoms with Crippen LogP contribution in [0, 0.1) is 12.7 Å². The summed E-state index contributed by atoms with van der Waals surface area (Å²) in [7, 11) is 1.58. The molecule has 13 heteroatoms. The van der Waals surface area contributed by atoms with Crippen LogP contribution in [-0.4, -0.2) is 58.8 Å². The second-order valence-electron chi connectivity index (χ2n) is 10.3. The highest BCUT2D eigenvalue weighted by Gasteiger charge is 2.43. The number of methoxy groups -OCH3 is 1. The van der Waals surface area contributed by atoms with Crippen molar-refractivity contribution in [1.82, 2.24) is 45.5 Å². The van der Waals surface area contributed by atoms with Crippen LogP contribution < -0.4 is 10.6 Å². The molecule has 0 unspecified atom stereocenters. The number of pyridine rings is 1. The Kier molecular flexibility index (Phi) is 8.77.